The monoisotopic (exact) mass is 228 g/mol. The van der Waals surface area contributed by atoms with Gasteiger partial charge in [-0.25, -0.2) is 4.79 Å². The van der Waals surface area contributed by atoms with E-state index in [2.05, 4.69) is 5.32 Å². The van der Waals surface area contributed by atoms with Gasteiger partial charge in [-0.15, -0.1) is 0 Å². The first-order valence-corrected chi connectivity index (χ1v) is 5.79. The molecule has 5 heteroatoms. The van der Waals surface area contributed by atoms with Crippen molar-refractivity contribution in [2.45, 2.75) is 57.0 Å². The molecule has 0 aliphatic heterocycles. The number of hydrogen-bond donors (Lipinski definition) is 3. The minimum atomic E-state index is -1.10. The molecule has 0 saturated heterocycles. The molecule has 0 aromatic carbocycles. The Morgan fingerprint density at radius 1 is 1.25 bits per heavy atom. The molecule has 0 bridgehead atoms. The molecular weight excluding hydrogens is 208 g/mol. The Bertz CT molecular complexity index is 266. The number of amides is 1. The topological polar surface area (TPSA) is 92.4 Å². The first-order valence-electron chi connectivity index (χ1n) is 5.79. The van der Waals surface area contributed by atoms with Gasteiger partial charge in [0.05, 0.1) is 6.04 Å². The van der Waals surface area contributed by atoms with Crippen molar-refractivity contribution < 1.29 is 14.7 Å². The smallest absolute Gasteiger partial charge is 0.329 e. The Labute approximate surface area is 95.4 Å². The fourth-order valence-electron chi connectivity index (χ4n) is 2.07. The standard InChI is InChI=1S/C11H20N2O3/c1-8(12)9(14)13-11(10(15)16)6-4-2-3-5-7-11/h8H,2-7,12H2,1H3,(H,13,14)(H,15,16)/t8-/m1/s1. The second kappa shape index (κ2) is 5.30. The van der Waals surface area contributed by atoms with Crippen LogP contribution in [0.1, 0.15) is 45.4 Å². The number of carbonyl (C=O) groups is 2. The fraction of sp³-hybridized carbons (Fsp3) is 0.818. The maximum atomic E-state index is 11.5. The molecule has 4 N–H and O–H groups in total. The molecule has 1 amide bonds. The molecule has 1 atom stereocenters. The largest absolute Gasteiger partial charge is 0.480 e. The van der Waals surface area contributed by atoms with Gasteiger partial charge in [-0.05, 0) is 19.8 Å². The summed E-state index contributed by atoms with van der Waals surface area (Å²) in [7, 11) is 0. The normalized spacial score (nSPS) is 21.9. The van der Waals surface area contributed by atoms with E-state index in [1.54, 1.807) is 6.92 Å². The van der Waals surface area contributed by atoms with Gasteiger partial charge in [-0.1, -0.05) is 25.7 Å². The molecule has 0 aromatic rings. The molecule has 1 saturated carbocycles. The first kappa shape index (κ1) is 13.0. The highest BCUT2D eigenvalue weighted by Gasteiger charge is 2.40. The molecule has 1 fully saturated rings. The second-order valence-corrected chi connectivity index (χ2v) is 4.58. The maximum absolute atomic E-state index is 11.5. The molecule has 0 unspecified atom stereocenters. The zero-order valence-electron chi connectivity index (χ0n) is 9.66. The van der Waals surface area contributed by atoms with Crippen LogP contribution in [0.15, 0.2) is 0 Å². The van der Waals surface area contributed by atoms with E-state index < -0.39 is 17.6 Å². The van der Waals surface area contributed by atoms with E-state index in [1.807, 2.05) is 0 Å². The second-order valence-electron chi connectivity index (χ2n) is 4.58. The maximum Gasteiger partial charge on any atom is 0.329 e. The van der Waals surface area contributed by atoms with Crippen LogP contribution in [0.4, 0.5) is 0 Å². The summed E-state index contributed by atoms with van der Waals surface area (Å²) in [4.78, 5) is 22.9. The number of rotatable bonds is 3. The molecular formula is C11H20N2O3. The van der Waals surface area contributed by atoms with Crippen molar-refractivity contribution in [3.8, 4) is 0 Å². The molecule has 0 radical (unpaired) electrons. The van der Waals surface area contributed by atoms with E-state index in [1.165, 1.54) is 0 Å². The van der Waals surface area contributed by atoms with Crippen LogP contribution in [0.25, 0.3) is 0 Å². The number of nitrogens with one attached hydrogen (secondary N) is 1. The molecule has 92 valence electrons. The van der Waals surface area contributed by atoms with Crippen LogP contribution in [0, 0.1) is 0 Å². The van der Waals surface area contributed by atoms with Gasteiger partial charge < -0.3 is 16.2 Å². The van der Waals surface area contributed by atoms with E-state index in [9.17, 15) is 14.7 Å². The number of aliphatic carboxylic acids is 1. The summed E-state index contributed by atoms with van der Waals surface area (Å²) in [6.07, 6.45) is 4.74. The number of nitrogens with two attached hydrogens (primary N) is 1. The van der Waals surface area contributed by atoms with Crippen LogP contribution >= 0.6 is 0 Å². The van der Waals surface area contributed by atoms with Gasteiger partial charge >= 0.3 is 5.97 Å². The van der Waals surface area contributed by atoms with E-state index in [-0.39, 0.29) is 5.91 Å². The van der Waals surface area contributed by atoms with Crippen molar-refractivity contribution in [2.75, 3.05) is 0 Å². The first-order chi connectivity index (χ1) is 7.48. The minimum Gasteiger partial charge on any atom is -0.480 e. The third-order valence-corrected chi connectivity index (χ3v) is 3.14. The van der Waals surface area contributed by atoms with Crippen LogP contribution in [0.3, 0.4) is 0 Å². The summed E-state index contributed by atoms with van der Waals surface area (Å²) in [6.45, 7) is 1.56. The van der Waals surface area contributed by atoms with Crippen molar-refractivity contribution in [3.63, 3.8) is 0 Å². The zero-order chi connectivity index (χ0) is 12.2. The van der Waals surface area contributed by atoms with Gasteiger partial charge in [0, 0.05) is 0 Å². The quantitative estimate of drug-likeness (QED) is 0.618. The van der Waals surface area contributed by atoms with Crippen molar-refractivity contribution in [3.05, 3.63) is 0 Å². The van der Waals surface area contributed by atoms with Crippen molar-refractivity contribution in [1.29, 1.82) is 0 Å². The van der Waals surface area contributed by atoms with Crippen LogP contribution in [0.5, 0.6) is 0 Å². The predicted molar refractivity (Wildman–Crippen MR) is 59.9 cm³/mol. The van der Waals surface area contributed by atoms with E-state index in [0.717, 1.165) is 25.7 Å². The summed E-state index contributed by atoms with van der Waals surface area (Å²) in [5, 5.41) is 11.9. The van der Waals surface area contributed by atoms with Crippen molar-refractivity contribution in [1.82, 2.24) is 5.32 Å². The minimum absolute atomic E-state index is 0.385. The Hall–Kier alpha value is -1.10. The third-order valence-electron chi connectivity index (χ3n) is 3.14. The Kier molecular flexibility index (Phi) is 4.29. The van der Waals surface area contributed by atoms with E-state index in [0.29, 0.717) is 12.8 Å². The molecule has 0 heterocycles. The Morgan fingerprint density at radius 2 is 1.75 bits per heavy atom. The van der Waals surface area contributed by atoms with Gasteiger partial charge in [-0.3, -0.25) is 4.79 Å². The van der Waals surface area contributed by atoms with Crippen molar-refractivity contribution in [2.24, 2.45) is 5.73 Å². The Morgan fingerprint density at radius 3 is 2.12 bits per heavy atom. The van der Waals surface area contributed by atoms with Gasteiger partial charge in [-0.2, -0.15) is 0 Å². The Balaban J connectivity index is 2.78. The van der Waals surface area contributed by atoms with Crippen LogP contribution < -0.4 is 11.1 Å². The zero-order valence-corrected chi connectivity index (χ0v) is 9.66. The third kappa shape index (κ3) is 2.95. The molecule has 1 rings (SSSR count). The summed E-state index contributed by atoms with van der Waals surface area (Å²) in [5.74, 6) is -1.33. The average Bonchev–Trinajstić information content (AvgIpc) is 2.44. The van der Waals surface area contributed by atoms with Gasteiger partial charge in [0.15, 0.2) is 0 Å². The van der Waals surface area contributed by atoms with Gasteiger partial charge in [0.1, 0.15) is 5.54 Å². The number of carbonyl (C=O) groups excluding carboxylic acids is 1. The van der Waals surface area contributed by atoms with Crippen molar-refractivity contribution >= 4 is 11.9 Å². The highest BCUT2D eigenvalue weighted by molar-refractivity contribution is 5.89. The summed E-state index contributed by atoms with van der Waals surface area (Å²) in [5.41, 5.74) is 4.35. The SMILES string of the molecule is C[C@@H](N)C(=O)NC1(C(=O)O)CCCCCC1. The van der Waals surface area contributed by atoms with Crippen LogP contribution in [-0.2, 0) is 9.59 Å². The highest BCUT2D eigenvalue weighted by Crippen LogP contribution is 2.27. The lowest BCUT2D eigenvalue weighted by Gasteiger charge is -2.30. The van der Waals surface area contributed by atoms with Crippen LogP contribution in [-0.4, -0.2) is 28.6 Å². The molecule has 0 spiro atoms. The number of carboxylic acid groups (broad SMARTS) is 1. The van der Waals surface area contributed by atoms with Gasteiger partial charge in [0.25, 0.3) is 0 Å². The molecule has 0 aromatic heterocycles. The molecule has 16 heavy (non-hydrogen) atoms. The summed E-state index contributed by atoms with van der Waals surface area (Å²) >= 11 is 0. The van der Waals surface area contributed by atoms with Gasteiger partial charge in [0.2, 0.25) is 5.91 Å². The fourth-order valence-corrected chi connectivity index (χ4v) is 2.07. The average molecular weight is 228 g/mol. The lowest BCUT2D eigenvalue weighted by molar-refractivity contribution is -0.148. The number of hydrogen-bond acceptors (Lipinski definition) is 3. The van der Waals surface area contributed by atoms with Crippen LogP contribution in [0.2, 0.25) is 0 Å². The lowest BCUT2D eigenvalue weighted by Crippen LogP contribution is -2.57. The predicted octanol–water partition coefficient (Wildman–Crippen LogP) is 0.627. The van der Waals surface area contributed by atoms with E-state index >= 15 is 0 Å². The summed E-state index contributed by atoms with van der Waals surface area (Å²) in [6, 6.07) is -0.667. The molecule has 1 aliphatic carbocycles. The highest BCUT2D eigenvalue weighted by atomic mass is 16.4. The lowest BCUT2D eigenvalue weighted by atomic mass is 9.90. The summed E-state index contributed by atoms with van der Waals surface area (Å²) < 4.78 is 0. The molecule has 5 nitrogen and oxygen atoms in total. The molecule has 1 aliphatic rings. The number of carboxylic acids is 1. The van der Waals surface area contributed by atoms with E-state index in [4.69, 9.17) is 5.73 Å².